The fourth-order valence-corrected chi connectivity index (χ4v) is 2.18. The van der Waals surface area contributed by atoms with E-state index in [1.54, 1.807) is 0 Å². The van der Waals surface area contributed by atoms with Crippen LogP contribution < -0.4 is 5.73 Å². The molecule has 1 atom stereocenters. The number of benzene rings is 2. The van der Waals surface area contributed by atoms with Crippen molar-refractivity contribution < 1.29 is 0 Å². The maximum absolute atomic E-state index is 4.50. The minimum Gasteiger partial charge on any atom is -0.333 e. The molecular weight excluding hydrogens is 230 g/mol. The van der Waals surface area contributed by atoms with E-state index in [-0.39, 0.29) is 0 Å². The molecule has 0 radical (unpaired) electrons. The molecule has 1 nitrogen and oxygen atoms in total. The van der Waals surface area contributed by atoms with Gasteiger partial charge in [0.15, 0.2) is 0 Å². The highest BCUT2D eigenvalue weighted by Gasteiger charge is 2.03. The summed E-state index contributed by atoms with van der Waals surface area (Å²) in [4.78, 5) is 0. The van der Waals surface area contributed by atoms with Crippen molar-refractivity contribution in [1.82, 2.24) is 0 Å². The fourth-order valence-electron chi connectivity index (χ4n) is 2.18. The molecule has 0 aliphatic carbocycles. The van der Waals surface area contributed by atoms with Gasteiger partial charge < -0.3 is 5.73 Å². The van der Waals surface area contributed by atoms with E-state index in [2.05, 4.69) is 73.3 Å². The molecule has 2 N–H and O–H groups in total. The average Bonchev–Trinajstić information content (AvgIpc) is 2.49. The van der Waals surface area contributed by atoms with Gasteiger partial charge in [0, 0.05) is 0 Å². The smallest absolute Gasteiger partial charge is 0.0195 e. The molecule has 2 aromatic carbocycles. The second-order valence-electron chi connectivity index (χ2n) is 4.82. The lowest BCUT2D eigenvalue weighted by Crippen LogP contribution is -2.01. The number of nitrogens with two attached hydrogens (primary N) is 1. The first-order chi connectivity index (χ1) is 9.34. The molecule has 0 spiro atoms. The molecule has 0 heterocycles. The summed E-state index contributed by atoms with van der Waals surface area (Å²) in [5.41, 5.74) is 7.40. The zero-order chi connectivity index (χ0) is 13.9. The molecule has 0 fully saturated rings. The average molecular weight is 255 g/mol. The predicted molar refractivity (Wildman–Crippen MR) is 84.2 cm³/mol. The van der Waals surface area contributed by atoms with Crippen LogP contribution in [0.3, 0.4) is 0 Å². The van der Waals surface area contributed by atoms with Gasteiger partial charge >= 0.3 is 0 Å². The molecule has 0 aliphatic heterocycles. The van der Waals surface area contributed by atoms with Crippen molar-refractivity contribution in [2.75, 3.05) is 7.05 Å². The third kappa shape index (κ3) is 6.21. The predicted octanol–water partition coefficient (Wildman–Crippen LogP) is 4.07. The Labute approximate surface area is 117 Å². The van der Waals surface area contributed by atoms with Gasteiger partial charge in [-0.15, -0.1) is 0 Å². The van der Waals surface area contributed by atoms with Crippen LogP contribution in [0.5, 0.6) is 0 Å². The van der Waals surface area contributed by atoms with Crippen LogP contribution in [0, 0.1) is 5.92 Å². The molecule has 102 valence electrons. The highest BCUT2D eigenvalue weighted by Crippen LogP contribution is 2.14. The third-order valence-electron chi connectivity index (χ3n) is 3.20. The minimum absolute atomic E-state index is 0.748. The van der Waals surface area contributed by atoms with Gasteiger partial charge in [-0.2, -0.15) is 0 Å². The first-order valence-corrected chi connectivity index (χ1v) is 7.00. The zero-order valence-electron chi connectivity index (χ0n) is 12.0. The zero-order valence-corrected chi connectivity index (χ0v) is 12.0. The first kappa shape index (κ1) is 15.5. The number of hydrogen-bond acceptors (Lipinski definition) is 1. The Balaban J connectivity index is 0.000000861. The first-order valence-electron chi connectivity index (χ1n) is 7.00. The lowest BCUT2D eigenvalue weighted by molar-refractivity contribution is 0.530. The van der Waals surface area contributed by atoms with Crippen LogP contribution in [0.4, 0.5) is 0 Å². The van der Waals surface area contributed by atoms with Crippen LogP contribution in [0.2, 0.25) is 0 Å². The van der Waals surface area contributed by atoms with Gasteiger partial charge in [0.05, 0.1) is 0 Å². The van der Waals surface area contributed by atoms with E-state index in [4.69, 9.17) is 0 Å². The summed E-state index contributed by atoms with van der Waals surface area (Å²) in [7, 11) is 1.50. The normalized spacial score (nSPS) is 11.3. The van der Waals surface area contributed by atoms with Crippen molar-refractivity contribution in [2.45, 2.75) is 26.2 Å². The Hall–Kier alpha value is -1.60. The molecule has 19 heavy (non-hydrogen) atoms. The van der Waals surface area contributed by atoms with Crippen LogP contribution in [-0.4, -0.2) is 7.05 Å². The van der Waals surface area contributed by atoms with Gasteiger partial charge in [0.1, 0.15) is 0 Å². The largest absolute Gasteiger partial charge is 0.333 e. The maximum atomic E-state index is 4.50. The molecule has 1 heteroatoms. The van der Waals surface area contributed by atoms with Crippen molar-refractivity contribution >= 4 is 0 Å². The van der Waals surface area contributed by atoms with Crippen LogP contribution >= 0.6 is 0 Å². The molecule has 0 saturated carbocycles. The molecule has 0 saturated heterocycles. The van der Waals surface area contributed by atoms with Gasteiger partial charge in [-0.05, 0) is 43.4 Å². The van der Waals surface area contributed by atoms with Crippen molar-refractivity contribution in [1.29, 1.82) is 0 Å². The minimum atomic E-state index is 0.748. The van der Waals surface area contributed by atoms with E-state index in [1.165, 1.54) is 37.4 Å². The summed E-state index contributed by atoms with van der Waals surface area (Å²) in [6.45, 7) is 2.34. The highest BCUT2D eigenvalue weighted by molar-refractivity contribution is 5.16. The van der Waals surface area contributed by atoms with Gasteiger partial charge in [0.2, 0.25) is 0 Å². The van der Waals surface area contributed by atoms with Gasteiger partial charge in [0.25, 0.3) is 0 Å². The topological polar surface area (TPSA) is 26.0 Å². The third-order valence-corrected chi connectivity index (χ3v) is 3.20. The van der Waals surface area contributed by atoms with Gasteiger partial charge in [-0.1, -0.05) is 67.6 Å². The van der Waals surface area contributed by atoms with E-state index < -0.39 is 0 Å². The molecule has 0 aromatic heterocycles. The van der Waals surface area contributed by atoms with Gasteiger partial charge in [-0.3, -0.25) is 0 Å². The maximum Gasteiger partial charge on any atom is -0.0195 e. The van der Waals surface area contributed by atoms with E-state index in [9.17, 15) is 0 Å². The van der Waals surface area contributed by atoms with Crippen LogP contribution in [-0.2, 0) is 12.8 Å². The summed E-state index contributed by atoms with van der Waals surface area (Å²) < 4.78 is 0. The lowest BCUT2D eigenvalue weighted by Gasteiger charge is -2.11. The lowest BCUT2D eigenvalue weighted by atomic mass is 9.95. The van der Waals surface area contributed by atoms with Crippen molar-refractivity contribution in [2.24, 2.45) is 11.7 Å². The molecule has 0 amide bonds. The molecular formula is C18H25N. The SMILES string of the molecule is CC(CCc1ccccc1)Cc1ccccc1.CN. The van der Waals surface area contributed by atoms with Crippen molar-refractivity contribution in [3.63, 3.8) is 0 Å². The van der Waals surface area contributed by atoms with E-state index >= 15 is 0 Å². The Morgan fingerprint density at radius 2 is 1.26 bits per heavy atom. The Morgan fingerprint density at radius 3 is 1.79 bits per heavy atom. The summed E-state index contributed by atoms with van der Waals surface area (Å²) in [5, 5.41) is 0. The standard InChI is InChI=1S/C17H20.CH5N/c1-15(14-17-10-6-3-7-11-17)12-13-16-8-4-2-5-9-16;1-2/h2-11,15H,12-14H2,1H3;2H2,1H3. The van der Waals surface area contributed by atoms with Crippen molar-refractivity contribution in [3.8, 4) is 0 Å². The Morgan fingerprint density at radius 1 is 0.789 bits per heavy atom. The Kier molecular flexibility index (Phi) is 7.60. The summed E-state index contributed by atoms with van der Waals surface area (Å²) in [6.07, 6.45) is 3.64. The molecule has 2 aromatic rings. The van der Waals surface area contributed by atoms with Crippen LogP contribution in [0.25, 0.3) is 0 Å². The second kappa shape index (κ2) is 9.35. The summed E-state index contributed by atoms with van der Waals surface area (Å²) >= 11 is 0. The highest BCUT2D eigenvalue weighted by atomic mass is 14.4. The van der Waals surface area contributed by atoms with Crippen LogP contribution in [0.1, 0.15) is 24.5 Å². The van der Waals surface area contributed by atoms with E-state index in [1.807, 2.05) is 0 Å². The second-order valence-corrected chi connectivity index (χ2v) is 4.82. The molecule has 2 rings (SSSR count). The van der Waals surface area contributed by atoms with Crippen molar-refractivity contribution in [3.05, 3.63) is 71.8 Å². The Bertz CT molecular complexity index is 422. The number of hydrogen-bond donors (Lipinski definition) is 1. The van der Waals surface area contributed by atoms with Gasteiger partial charge in [-0.25, -0.2) is 0 Å². The number of aryl methyl sites for hydroxylation is 1. The van der Waals surface area contributed by atoms with E-state index in [0.717, 1.165) is 5.92 Å². The van der Waals surface area contributed by atoms with Crippen LogP contribution in [0.15, 0.2) is 60.7 Å². The quantitative estimate of drug-likeness (QED) is 0.856. The molecule has 1 unspecified atom stereocenters. The molecule has 0 aliphatic rings. The molecule has 0 bridgehead atoms. The summed E-state index contributed by atoms with van der Waals surface area (Å²) in [6, 6.07) is 21.5. The van der Waals surface area contributed by atoms with E-state index in [0.29, 0.717) is 0 Å². The summed E-state index contributed by atoms with van der Waals surface area (Å²) in [5.74, 6) is 0.748. The number of rotatable bonds is 5. The fraction of sp³-hybridized carbons (Fsp3) is 0.333. The monoisotopic (exact) mass is 255 g/mol.